The average Bonchev–Trinajstić information content (AvgIpc) is 2.42. The summed E-state index contributed by atoms with van der Waals surface area (Å²) >= 11 is 0. The summed E-state index contributed by atoms with van der Waals surface area (Å²) in [4.78, 5) is 5.23. The molecule has 1 saturated heterocycles. The van der Waals surface area contributed by atoms with Crippen LogP contribution in [-0.2, 0) is 0 Å². The molecule has 120 valence electrons. The van der Waals surface area contributed by atoms with Crippen molar-refractivity contribution < 1.29 is 0 Å². The Kier molecular flexibility index (Phi) is 8.13. The van der Waals surface area contributed by atoms with Crippen molar-refractivity contribution in [3.63, 3.8) is 0 Å². The maximum atomic E-state index is 2.67. The Bertz CT molecular complexity index is 236. The van der Waals surface area contributed by atoms with E-state index in [1.807, 2.05) is 0 Å². The van der Waals surface area contributed by atoms with Gasteiger partial charge in [0, 0.05) is 26.2 Å². The van der Waals surface area contributed by atoms with Crippen LogP contribution in [0.2, 0.25) is 0 Å². The summed E-state index contributed by atoms with van der Waals surface area (Å²) in [7, 11) is 0. The maximum absolute atomic E-state index is 2.67. The average molecular weight is 283 g/mol. The van der Waals surface area contributed by atoms with Gasteiger partial charge in [0.25, 0.3) is 0 Å². The molecule has 0 saturated carbocycles. The van der Waals surface area contributed by atoms with E-state index in [1.54, 1.807) is 0 Å². The highest BCUT2D eigenvalue weighted by Gasteiger charge is 2.17. The topological polar surface area (TPSA) is 6.48 Å². The van der Waals surface area contributed by atoms with Gasteiger partial charge >= 0.3 is 0 Å². The van der Waals surface area contributed by atoms with E-state index >= 15 is 0 Å². The van der Waals surface area contributed by atoms with Crippen LogP contribution in [0.15, 0.2) is 0 Å². The molecule has 1 heterocycles. The number of nitrogens with zero attached hydrogens (tertiary/aromatic N) is 2. The number of hydrogen-bond acceptors (Lipinski definition) is 2. The summed E-state index contributed by atoms with van der Waals surface area (Å²) in [6, 6.07) is 0. The summed E-state index contributed by atoms with van der Waals surface area (Å²) in [5.74, 6) is 0.950. The molecular formula is C18H38N2. The first-order valence-electron chi connectivity index (χ1n) is 8.89. The highest BCUT2D eigenvalue weighted by atomic mass is 15.3. The first-order valence-corrected chi connectivity index (χ1v) is 8.89. The van der Waals surface area contributed by atoms with Gasteiger partial charge in [0.05, 0.1) is 0 Å². The fraction of sp³-hybridized carbons (Fsp3) is 1.00. The molecule has 1 fully saturated rings. The minimum Gasteiger partial charge on any atom is -0.301 e. The molecule has 1 aliphatic rings. The highest BCUT2D eigenvalue weighted by Crippen LogP contribution is 2.27. The van der Waals surface area contributed by atoms with Crippen molar-refractivity contribution in [3.8, 4) is 0 Å². The predicted molar refractivity (Wildman–Crippen MR) is 90.3 cm³/mol. The number of piperazine rings is 1. The fourth-order valence-corrected chi connectivity index (χ4v) is 3.12. The molecule has 0 amide bonds. The molecule has 0 aliphatic carbocycles. The van der Waals surface area contributed by atoms with Gasteiger partial charge in [-0.15, -0.1) is 0 Å². The molecule has 1 atom stereocenters. The number of rotatable bonds is 8. The summed E-state index contributed by atoms with van der Waals surface area (Å²) in [5.41, 5.74) is 0.504. The van der Waals surface area contributed by atoms with Gasteiger partial charge in [-0.2, -0.15) is 0 Å². The Hall–Kier alpha value is -0.0800. The lowest BCUT2D eigenvalue weighted by Crippen LogP contribution is -2.46. The van der Waals surface area contributed by atoms with Crippen molar-refractivity contribution in [1.82, 2.24) is 9.80 Å². The molecular weight excluding hydrogens is 244 g/mol. The summed E-state index contributed by atoms with van der Waals surface area (Å²) in [6.45, 7) is 19.4. The number of hydrogen-bond donors (Lipinski definition) is 0. The smallest absolute Gasteiger partial charge is 0.0110 e. The highest BCUT2D eigenvalue weighted by molar-refractivity contribution is 4.72. The Morgan fingerprint density at radius 3 is 2.00 bits per heavy atom. The molecule has 0 unspecified atom stereocenters. The third-order valence-corrected chi connectivity index (χ3v) is 4.88. The van der Waals surface area contributed by atoms with E-state index in [-0.39, 0.29) is 0 Å². The van der Waals surface area contributed by atoms with E-state index < -0.39 is 0 Å². The molecule has 1 aliphatic heterocycles. The normalized spacial score (nSPS) is 20.2. The second-order valence-corrected chi connectivity index (χ2v) is 7.79. The van der Waals surface area contributed by atoms with Crippen LogP contribution in [0.25, 0.3) is 0 Å². The molecule has 2 nitrogen and oxygen atoms in total. The standard InChI is InChI=1S/C18H38N2/c1-6-17(10-11-18(3,4)5)9-8-12-20-15-13-19(7-2)14-16-20/h17H,6-16H2,1-5H3/t17-/m1/s1. The van der Waals surface area contributed by atoms with Gasteiger partial charge in [-0.1, -0.05) is 41.0 Å². The van der Waals surface area contributed by atoms with Crippen molar-refractivity contribution >= 4 is 0 Å². The quantitative estimate of drug-likeness (QED) is 0.656. The largest absolute Gasteiger partial charge is 0.301 e. The van der Waals surface area contributed by atoms with E-state index in [9.17, 15) is 0 Å². The summed E-state index contributed by atoms with van der Waals surface area (Å²) in [6.07, 6.45) is 6.99. The number of likely N-dealkylation sites (N-methyl/N-ethyl adjacent to an activating group) is 1. The van der Waals surface area contributed by atoms with Crippen LogP contribution in [0.3, 0.4) is 0 Å². The monoisotopic (exact) mass is 282 g/mol. The zero-order valence-corrected chi connectivity index (χ0v) is 14.7. The van der Waals surface area contributed by atoms with Crippen molar-refractivity contribution in [1.29, 1.82) is 0 Å². The lowest BCUT2D eigenvalue weighted by Gasteiger charge is -2.34. The van der Waals surface area contributed by atoms with Crippen LogP contribution < -0.4 is 0 Å². The maximum Gasteiger partial charge on any atom is 0.0110 e. The van der Waals surface area contributed by atoms with Gasteiger partial charge < -0.3 is 9.80 Å². The van der Waals surface area contributed by atoms with Crippen molar-refractivity contribution in [3.05, 3.63) is 0 Å². The van der Waals surface area contributed by atoms with Crippen molar-refractivity contribution in [2.24, 2.45) is 11.3 Å². The van der Waals surface area contributed by atoms with Crippen LogP contribution in [-0.4, -0.2) is 49.1 Å². The molecule has 0 aromatic carbocycles. The van der Waals surface area contributed by atoms with Gasteiger partial charge in [0.2, 0.25) is 0 Å². The SMILES string of the molecule is CC[C@H](CCCN1CCN(CC)CC1)CCC(C)(C)C. The van der Waals surface area contributed by atoms with Crippen LogP contribution in [0.5, 0.6) is 0 Å². The molecule has 0 spiro atoms. The minimum atomic E-state index is 0.504. The first-order chi connectivity index (χ1) is 9.44. The summed E-state index contributed by atoms with van der Waals surface area (Å²) in [5, 5.41) is 0. The summed E-state index contributed by atoms with van der Waals surface area (Å²) < 4.78 is 0. The molecule has 2 heteroatoms. The Labute approximate surface area is 127 Å². The third kappa shape index (κ3) is 7.64. The van der Waals surface area contributed by atoms with Gasteiger partial charge in [-0.05, 0) is 50.1 Å². The molecule has 0 aromatic rings. The lowest BCUT2D eigenvalue weighted by molar-refractivity contribution is 0.133. The van der Waals surface area contributed by atoms with Crippen molar-refractivity contribution in [2.45, 2.75) is 66.7 Å². The third-order valence-electron chi connectivity index (χ3n) is 4.88. The molecule has 1 rings (SSSR count). The second kappa shape index (κ2) is 9.04. The predicted octanol–water partition coefficient (Wildman–Crippen LogP) is 4.26. The second-order valence-electron chi connectivity index (χ2n) is 7.79. The van der Waals surface area contributed by atoms with E-state index in [2.05, 4.69) is 44.4 Å². The van der Waals surface area contributed by atoms with Gasteiger partial charge in [-0.25, -0.2) is 0 Å². The van der Waals surface area contributed by atoms with Crippen LogP contribution in [0.4, 0.5) is 0 Å². The van der Waals surface area contributed by atoms with Crippen LogP contribution in [0, 0.1) is 11.3 Å². The molecule has 0 bridgehead atoms. The Morgan fingerprint density at radius 1 is 0.900 bits per heavy atom. The zero-order chi connectivity index (χ0) is 15.0. The van der Waals surface area contributed by atoms with E-state index in [0.717, 1.165) is 5.92 Å². The van der Waals surface area contributed by atoms with E-state index in [4.69, 9.17) is 0 Å². The van der Waals surface area contributed by atoms with Gasteiger partial charge in [0.15, 0.2) is 0 Å². The Balaban J connectivity index is 2.12. The zero-order valence-electron chi connectivity index (χ0n) is 14.7. The van der Waals surface area contributed by atoms with Crippen LogP contribution in [0.1, 0.15) is 66.7 Å². The molecule has 0 N–H and O–H groups in total. The Morgan fingerprint density at radius 2 is 1.50 bits per heavy atom. The van der Waals surface area contributed by atoms with Gasteiger partial charge in [0.1, 0.15) is 0 Å². The molecule has 0 radical (unpaired) electrons. The fourth-order valence-electron chi connectivity index (χ4n) is 3.12. The van der Waals surface area contributed by atoms with Gasteiger partial charge in [-0.3, -0.25) is 0 Å². The lowest BCUT2D eigenvalue weighted by atomic mass is 9.84. The molecule has 0 aromatic heterocycles. The first kappa shape index (κ1) is 18.0. The van der Waals surface area contributed by atoms with E-state index in [0.29, 0.717) is 5.41 Å². The molecule has 20 heavy (non-hydrogen) atoms. The van der Waals surface area contributed by atoms with E-state index in [1.165, 1.54) is 71.4 Å². The van der Waals surface area contributed by atoms with Crippen LogP contribution >= 0.6 is 0 Å². The minimum absolute atomic E-state index is 0.504. The van der Waals surface area contributed by atoms with Crippen molar-refractivity contribution in [2.75, 3.05) is 39.3 Å².